The minimum atomic E-state index is -3.52. The van der Waals surface area contributed by atoms with Gasteiger partial charge in [0.1, 0.15) is 0 Å². The van der Waals surface area contributed by atoms with Crippen molar-refractivity contribution < 1.29 is 13.2 Å². The second kappa shape index (κ2) is 8.69. The predicted molar refractivity (Wildman–Crippen MR) is 121 cm³/mol. The van der Waals surface area contributed by atoms with Crippen LogP contribution in [0.15, 0.2) is 58.6 Å². The number of carbonyl (C=O) groups is 1. The highest BCUT2D eigenvalue weighted by Gasteiger charge is 2.21. The zero-order chi connectivity index (χ0) is 22.0. The number of fused-ring (bicyclic) bond motifs is 3. The fourth-order valence-corrected chi connectivity index (χ4v) is 5.50. The molecule has 1 amide bonds. The molecule has 0 aliphatic rings. The van der Waals surface area contributed by atoms with Gasteiger partial charge in [-0.2, -0.15) is 4.31 Å². The number of nitrogens with one attached hydrogen (secondary N) is 2. The van der Waals surface area contributed by atoms with Crippen molar-refractivity contribution in [2.24, 2.45) is 0 Å². The number of aromatic amines is 1. The Morgan fingerprint density at radius 3 is 2.55 bits per heavy atom. The number of anilines is 1. The van der Waals surface area contributed by atoms with E-state index in [1.54, 1.807) is 26.0 Å². The summed E-state index contributed by atoms with van der Waals surface area (Å²) in [5, 5.41) is 10.5. The lowest BCUT2D eigenvalue weighted by Crippen LogP contribution is -2.30. The molecule has 31 heavy (non-hydrogen) atoms. The molecule has 0 saturated heterocycles. The number of benzene rings is 2. The highest BCUT2D eigenvalue weighted by Crippen LogP contribution is 2.23. The molecule has 0 aliphatic heterocycles. The first kappa shape index (κ1) is 21.3. The van der Waals surface area contributed by atoms with Crippen molar-refractivity contribution in [3.63, 3.8) is 0 Å². The molecule has 0 saturated carbocycles. The molecule has 0 atom stereocenters. The summed E-state index contributed by atoms with van der Waals surface area (Å²) in [6.45, 7) is 4.41. The lowest BCUT2D eigenvalue weighted by Gasteiger charge is -2.18. The fraction of sp³-hybridized carbons (Fsp3) is 0.250. The molecule has 0 spiro atoms. The van der Waals surface area contributed by atoms with Crippen LogP contribution in [-0.2, 0) is 14.8 Å². The number of carbonyl (C=O) groups excluding carboxylic acids is 1. The van der Waals surface area contributed by atoms with Crippen LogP contribution in [0.4, 0.5) is 5.69 Å². The van der Waals surface area contributed by atoms with Crippen LogP contribution in [0.3, 0.4) is 0 Å². The van der Waals surface area contributed by atoms with Gasteiger partial charge in [-0.25, -0.2) is 18.5 Å². The summed E-state index contributed by atoms with van der Waals surface area (Å²) < 4.78 is 28.4. The fourth-order valence-electron chi connectivity index (χ4n) is 3.29. The van der Waals surface area contributed by atoms with Crippen molar-refractivity contribution in [2.75, 3.05) is 24.2 Å². The molecule has 2 heterocycles. The molecule has 4 aromatic rings. The van der Waals surface area contributed by atoms with E-state index in [2.05, 4.69) is 20.5 Å². The van der Waals surface area contributed by atoms with Gasteiger partial charge in [0, 0.05) is 18.8 Å². The molecular formula is C20H22N6O3S2. The van der Waals surface area contributed by atoms with Crippen LogP contribution >= 0.6 is 11.8 Å². The summed E-state index contributed by atoms with van der Waals surface area (Å²) in [6, 6.07) is 13.9. The molecule has 162 valence electrons. The summed E-state index contributed by atoms with van der Waals surface area (Å²) in [5.41, 5.74) is 2.30. The zero-order valence-corrected chi connectivity index (χ0v) is 18.7. The van der Waals surface area contributed by atoms with E-state index in [9.17, 15) is 13.2 Å². The third-order valence-corrected chi connectivity index (χ3v) is 7.82. The number of H-pyrrole nitrogens is 1. The normalized spacial score (nSPS) is 12.1. The Morgan fingerprint density at radius 2 is 1.84 bits per heavy atom. The topological polar surface area (TPSA) is 112 Å². The van der Waals surface area contributed by atoms with Crippen LogP contribution in [-0.4, -0.2) is 57.1 Å². The Labute approximate surface area is 183 Å². The van der Waals surface area contributed by atoms with E-state index in [0.29, 0.717) is 29.7 Å². The quantitative estimate of drug-likeness (QED) is 0.393. The summed E-state index contributed by atoms with van der Waals surface area (Å²) in [5.74, 6) is 0.547. The molecule has 2 aromatic carbocycles. The minimum absolute atomic E-state index is 0.145. The molecule has 2 aromatic heterocycles. The van der Waals surface area contributed by atoms with E-state index in [0.717, 1.165) is 11.0 Å². The van der Waals surface area contributed by atoms with Crippen LogP contribution in [0.2, 0.25) is 0 Å². The number of amides is 1. The highest BCUT2D eigenvalue weighted by molar-refractivity contribution is 7.99. The average molecular weight is 459 g/mol. The molecule has 0 bridgehead atoms. The largest absolute Gasteiger partial charge is 0.325 e. The number of sulfonamides is 1. The Kier molecular flexibility index (Phi) is 5.99. The number of rotatable bonds is 8. The maximum atomic E-state index is 12.6. The van der Waals surface area contributed by atoms with E-state index in [1.165, 1.54) is 28.2 Å². The van der Waals surface area contributed by atoms with E-state index in [4.69, 9.17) is 0 Å². The molecule has 11 heteroatoms. The first-order chi connectivity index (χ1) is 14.9. The van der Waals surface area contributed by atoms with Gasteiger partial charge in [-0.3, -0.25) is 9.20 Å². The summed E-state index contributed by atoms with van der Waals surface area (Å²) in [7, 11) is -3.52. The van der Waals surface area contributed by atoms with Crippen LogP contribution in [0.25, 0.3) is 16.8 Å². The Balaban J connectivity index is 1.42. The second-order valence-electron chi connectivity index (χ2n) is 6.72. The Bertz CT molecular complexity index is 1320. The van der Waals surface area contributed by atoms with Crippen molar-refractivity contribution in [1.29, 1.82) is 0 Å². The van der Waals surface area contributed by atoms with Gasteiger partial charge in [0.15, 0.2) is 5.16 Å². The molecule has 0 fully saturated rings. The first-order valence-electron chi connectivity index (χ1n) is 9.78. The number of hydrogen-bond acceptors (Lipinski definition) is 6. The predicted octanol–water partition coefficient (Wildman–Crippen LogP) is 2.97. The summed E-state index contributed by atoms with van der Waals surface area (Å²) in [6.07, 6.45) is 0. The highest BCUT2D eigenvalue weighted by atomic mass is 32.2. The van der Waals surface area contributed by atoms with E-state index < -0.39 is 10.0 Å². The number of hydrogen-bond donors (Lipinski definition) is 2. The van der Waals surface area contributed by atoms with Crippen molar-refractivity contribution in [3.05, 3.63) is 48.5 Å². The third kappa shape index (κ3) is 4.16. The van der Waals surface area contributed by atoms with Gasteiger partial charge in [0.2, 0.25) is 21.7 Å². The molecule has 2 N–H and O–H groups in total. The molecule has 9 nitrogen and oxygen atoms in total. The zero-order valence-electron chi connectivity index (χ0n) is 17.1. The van der Waals surface area contributed by atoms with Crippen molar-refractivity contribution >= 4 is 50.2 Å². The molecule has 0 unspecified atom stereocenters. The number of thioether (sulfide) groups is 1. The van der Waals surface area contributed by atoms with Crippen LogP contribution in [0.1, 0.15) is 13.8 Å². The average Bonchev–Trinajstić information content (AvgIpc) is 3.32. The summed E-state index contributed by atoms with van der Waals surface area (Å²) in [4.78, 5) is 17.1. The van der Waals surface area contributed by atoms with E-state index in [-0.39, 0.29) is 16.6 Å². The SMILES string of the molecule is CCN(CC)S(=O)(=O)c1ccc(NC(=O)CSc2n[nH]c3nc4ccccc4n23)cc1. The van der Waals surface area contributed by atoms with Gasteiger partial charge in [-0.15, -0.1) is 5.10 Å². The summed E-state index contributed by atoms with van der Waals surface area (Å²) >= 11 is 1.29. The Hall–Kier alpha value is -2.89. The van der Waals surface area contributed by atoms with Gasteiger partial charge in [-0.1, -0.05) is 37.7 Å². The minimum Gasteiger partial charge on any atom is -0.325 e. The van der Waals surface area contributed by atoms with Crippen LogP contribution in [0, 0.1) is 0 Å². The molecule has 0 radical (unpaired) electrons. The number of para-hydroxylation sites is 2. The molecular weight excluding hydrogens is 436 g/mol. The van der Waals surface area contributed by atoms with Crippen molar-refractivity contribution in [1.82, 2.24) is 23.9 Å². The van der Waals surface area contributed by atoms with Gasteiger partial charge in [0.25, 0.3) is 0 Å². The standard InChI is InChI=1S/C20H22N6O3S2/c1-3-25(4-2)31(28,29)15-11-9-14(10-12-15)21-18(27)13-30-20-24-23-19-22-16-7-5-6-8-17(16)26(19)20/h5-12H,3-4,13H2,1-2H3,(H,21,27)(H,22,23). The second-order valence-corrected chi connectivity index (χ2v) is 9.60. The van der Waals surface area contributed by atoms with Crippen molar-refractivity contribution in [2.45, 2.75) is 23.9 Å². The Morgan fingerprint density at radius 1 is 1.13 bits per heavy atom. The number of nitrogens with zero attached hydrogens (tertiary/aromatic N) is 4. The maximum absolute atomic E-state index is 12.6. The molecule has 4 rings (SSSR count). The number of imidazole rings is 1. The van der Waals surface area contributed by atoms with Gasteiger partial charge in [-0.05, 0) is 36.4 Å². The molecule has 0 aliphatic carbocycles. The van der Waals surface area contributed by atoms with Gasteiger partial charge in [0.05, 0.1) is 21.7 Å². The van der Waals surface area contributed by atoms with Crippen LogP contribution < -0.4 is 5.32 Å². The lowest BCUT2D eigenvalue weighted by molar-refractivity contribution is -0.113. The smallest absolute Gasteiger partial charge is 0.243 e. The van der Waals surface area contributed by atoms with Crippen molar-refractivity contribution in [3.8, 4) is 0 Å². The maximum Gasteiger partial charge on any atom is 0.243 e. The number of aromatic nitrogens is 4. The van der Waals surface area contributed by atoms with Crippen LogP contribution in [0.5, 0.6) is 0 Å². The van der Waals surface area contributed by atoms with Gasteiger partial charge < -0.3 is 5.32 Å². The van der Waals surface area contributed by atoms with E-state index >= 15 is 0 Å². The lowest BCUT2D eigenvalue weighted by atomic mass is 10.3. The van der Waals surface area contributed by atoms with E-state index in [1.807, 2.05) is 28.7 Å². The monoisotopic (exact) mass is 458 g/mol. The third-order valence-electron chi connectivity index (χ3n) is 4.82. The first-order valence-corrected chi connectivity index (χ1v) is 12.2. The van der Waals surface area contributed by atoms with Gasteiger partial charge >= 0.3 is 0 Å².